The fourth-order valence-corrected chi connectivity index (χ4v) is 3.61. The van der Waals surface area contributed by atoms with Gasteiger partial charge in [0.15, 0.2) is 0 Å². The maximum Gasteiger partial charge on any atom is 0.136 e. The Labute approximate surface area is 118 Å². The number of hydrogen-bond donors (Lipinski definition) is 1. The SMILES string of the molecule is OCC1CCc2nnc(C3Cc4ccccc4C3)n2C1. The van der Waals surface area contributed by atoms with E-state index >= 15 is 0 Å². The van der Waals surface area contributed by atoms with E-state index in [1.165, 1.54) is 11.1 Å². The molecule has 4 heteroatoms. The van der Waals surface area contributed by atoms with Crippen LogP contribution in [0.2, 0.25) is 0 Å². The molecule has 1 aliphatic carbocycles. The van der Waals surface area contributed by atoms with E-state index in [0.717, 1.165) is 43.9 Å². The molecular weight excluding hydrogens is 250 g/mol. The van der Waals surface area contributed by atoms with Crippen LogP contribution in [0.25, 0.3) is 0 Å². The molecule has 1 aromatic carbocycles. The van der Waals surface area contributed by atoms with E-state index in [0.29, 0.717) is 11.8 Å². The molecule has 4 rings (SSSR count). The maximum atomic E-state index is 9.40. The van der Waals surface area contributed by atoms with Crippen molar-refractivity contribution >= 4 is 0 Å². The molecule has 1 atom stereocenters. The molecule has 1 unspecified atom stereocenters. The van der Waals surface area contributed by atoms with Gasteiger partial charge in [0.2, 0.25) is 0 Å². The van der Waals surface area contributed by atoms with Crippen molar-refractivity contribution in [3.8, 4) is 0 Å². The summed E-state index contributed by atoms with van der Waals surface area (Å²) < 4.78 is 2.26. The second kappa shape index (κ2) is 4.70. The molecule has 2 heterocycles. The number of aliphatic hydroxyl groups excluding tert-OH is 1. The summed E-state index contributed by atoms with van der Waals surface area (Å²) in [6, 6.07) is 8.67. The summed E-state index contributed by atoms with van der Waals surface area (Å²) in [5.74, 6) is 3.03. The molecule has 0 saturated heterocycles. The van der Waals surface area contributed by atoms with Gasteiger partial charge in [-0.05, 0) is 30.4 Å². The Morgan fingerprint density at radius 3 is 2.60 bits per heavy atom. The van der Waals surface area contributed by atoms with Crippen LogP contribution in [0, 0.1) is 5.92 Å². The van der Waals surface area contributed by atoms with Crippen molar-refractivity contribution in [2.24, 2.45) is 5.92 Å². The topological polar surface area (TPSA) is 50.9 Å². The minimum absolute atomic E-state index is 0.266. The highest BCUT2D eigenvalue weighted by Crippen LogP contribution is 2.34. The summed E-state index contributed by atoms with van der Waals surface area (Å²) in [5, 5.41) is 18.2. The average molecular weight is 269 g/mol. The first-order valence-electron chi connectivity index (χ1n) is 7.44. The summed E-state index contributed by atoms with van der Waals surface area (Å²) in [7, 11) is 0. The fraction of sp³-hybridized carbons (Fsp3) is 0.500. The molecule has 0 bridgehead atoms. The Bertz CT molecular complexity index is 609. The minimum Gasteiger partial charge on any atom is -0.396 e. The number of aromatic nitrogens is 3. The summed E-state index contributed by atoms with van der Waals surface area (Å²) in [5.41, 5.74) is 2.90. The number of fused-ring (bicyclic) bond motifs is 2. The molecule has 0 amide bonds. The maximum absolute atomic E-state index is 9.40. The predicted octanol–water partition coefficient (Wildman–Crippen LogP) is 1.72. The minimum atomic E-state index is 0.266. The van der Waals surface area contributed by atoms with Crippen molar-refractivity contribution in [3.63, 3.8) is 0 Å². The Morgan fingerprint density at radius 1 is 1.15 bits per heavy atom. The zero-order valence-corrected chi connectivity index (χ0v) is 11.5. The molecule has 0 saturated carbocycles. The van der Waals surface area contributed by atoms with E-state index in [-0.39, 0.29) is 6.61 Å². The molecular formula is C16H19N3O. The highest BCUT2D eigenvalue weighted by molar-refractivity contribution is 5.35. The van der Waals surface area contributed by atoms with E-state index in [1.54, 1.807) is 0 Å². The van der Waals surface area contributed by atoms with Crippen molar-refractivity contribution < 1.29 is 5.11 Å². The van der Waals surface area contributed by atoms with Crippen molar-refractivity contribution in [2.75, 3.05) is 6.61 Å². The predicted molar refractivity (Wildman–Crippen MR) is 75.5 cm³/mol. The number of benzene rings is 1. The lowest BCUT2D eigenvalue weighted by Gasteiger charge is -2.23. The van der Waals surface area contributed by atoms with E-state index in [9.17, 15) is 5.11 Å². The van der Waals surface area contributed by atoms with Gasteiger partial charge in [0, 0.05) is 31.4 Å². The second-order valence-corrected chi connectivity index (χ2v) is 6.05. The summed E-state index contributed by atoms with van der Waals surface area (Å²) in [6.45, 7) is 1.14. The van der Waals surface area contributed by atoms with Crippen molar-refractivity contribution in [2.45, 2.75) is 38.1 Å². The van der Waals surface area contributed by atoms with E-state index in [4.69, 9.17) is 0 Å². The third-order valence-electron chi connectivity index (χ3n) is 4.75. The third-order valence-corrected chi connectivity index (χ3v) is 4.75. The van der Waals surface area contributed by atoms with Crippen molar-refractivity contribution in [1.29, 1.82) is 0 Å². The molecule has 0 radical (unpaired) electrons. The molecule has 104 valence electrons. The van der Waals surface area contributed by atoms with E-state index in [1.807, 2.05) is 0 Å². The molecule has 1 aromatic heterocycles. The van der Waals surface area contributed by atoms with Crippen LogP contribution in [0.1, 0.15) is 35.1 Å². The lowest BCUT2D eigenvalue weighted by atomic mass is 9.99. The molecule has 2 aromatic rings. The standard InChI is InChI=1S/C16H19N3O/c20-10-11-5-6-15-17-18-16(19(15)9-11)14-7-12-3-1-2-4-13(12)8-14/h1-4,11,14,20H,5-10H2. The Balaban J connectivity index is 1.64. The van der Waals surface area contributed by atoms with Gasteiger partial charge in [0.25, 0.3) is 0 Å². The monoisotopic (exact) mass is 269 g/mol. The van der Waals surface area contributed by atoms with Gasteiger partial charge < -0.3 is 9.67 Å². The van der Waals surface area contributed by atoms with Crippen molar-refractivity contribution in [3.05, 3.63) is 47.0 Å². The Kier molecular flexibility index (Phi) is 2.84. The van der Waals surface area contributed by atoms with Gasteiger partial charge in [0.05, 0.1) is 0 Å². The van der Waals surface area contributed by atoms with Crippen LogP contribution in [-0.4, -0.2) is 26.5 Å². The van der Waals surface area contributed by atoms with Gasteiger partial charge in [-0.1, -0.05) is 24.3 Å². The van der Waals surface area contributed by atoms with Gasteiger partial charge in [-0.25, -0.2) is 0 Å². The molecule has 20 heavy (non-hydrogen) atoms. The van der Waals surface area contributed by atoms with Gasteiger partial charge in [-0.3, -0.25) is 0 Å². The second-order valence-electron chi connectivity index (χ2n) is 6.05. The fourth-order valence-electron chi connectivity index (χ4n) is 3.61. The lowest BCUT2D eigenvalue weighted by molar-refractivity contribution is 0.189. The van der Waals surface area contributed by atoms with Gasteiger partial charge >= 0.3 is 0 Å². The highest BCUT2D eigenvalue weighted by Gasteiger charge is 2.30. The number of aryl methyl sites for hydroxylation is 1. The first kappa shape index (κ1) is 12.1. The average Bonchev–Trinajstić information content (AvgIpc) is 3.09. The number of aliphatic hydroxyl groups is 1. The largest absolute Gasteiger partial charge is 0.396 e. The van der Waals surface area contributed by atoms with Crippen LogP contribution in [0.3, 0.4) is 0 Å². The van der Waals surface area contributed by atoms with Gasteiger partial charge in [-0.15, -0.1) is 10.2 Å². The Hall–Kier alpha value is -1.68. The van der Waals surface area contributed by atoms with Crippen LogP contribution >= 0.6 is 0 Å². The van der Waals surface area contributed by atoms with Crippen LogP contribution in [0.4, 0.5) is 0 Å². The smallest absolute Gasteiger partial charge is 0.136 e. The van der Waals surface area contributed by atoms with Crippen LogP contribution in [0.5, 0.6) is 0 Å². The number of nitrogens with zero attached hydrogens (tertiary/aromatic N) is 3. The molecule has 2 aliphatic rings. The number of hydrogen-bond acceptors (Lipinski definition) is 3. The summed E-state index contributed by atoms with van der Waals surface area (Å²) in [4.78, 5) is 0. The van der Waals surface area contributed by atoms with Crippen LogP contribution in [-0.2, 0) is 25.8 Å². The van der Waals surface area contributed by atoms with E-state index in [2.05, 4.69) is 39.0 Å². The molecule has 0 fully saturated rings. The van der Waals surface area contributed by atoms with Crippen molar-refractivity contribution in [1.82, 2.24) is 14.8 Å². The lowest BCUT2D eigenvalue weighted by Crippen LogP contribution is -2.25. The zero-order chi connectivity index (χ0) is 13.5. The highest BCUT2D eigenvalue weighted by atomic mass is 16.3. The summed E-state index contributed by atoms with van der Waals surface area (Å²) >= 11 is 0. The summed E-state index contributed by atoms with van der Waals surface area (Å²) in [6.07, 6.45) is 4.10. The van der Waals surface area contributed by atoms with Gasteiger partial charge in [-0.2, -0.15) is 0 Å². The molecule has 1 aliphatic heterocycles. The van der Waals surface area contributed by atoms with Gasteiger partial charge in [0.1, 0.15) is 11.6 Å². The quantitative estimate of drug-likeness (QED) is 0.903. The van der Waals surface area contributed by atoms with Crippen LogP contribution < -0.4 is 0 Å². The normalized spacial score (nSPS) is 21.8. The Morgan fingerprint density at radius 2 is 1.90 bits per heavy atom. The van der Waals surface area contributed by atoms with E-state index < -0.39 is 0 Å². The van der Waals surface area contributed by atoms with Crippen LogP contribution in [0.15, 0.2) is 24.3 Å². The zero-order valence-electron chi connectivity index (χ0n) is 11.5. The first-order valence-corrected chi connectivity index (χ1v) is 7.44. The molecule has 1 N–H and O–H groups in total. The molecule has 0 spiro atoms. The first-order chi connectivity index (χ1) is 9.85. The molecule has 4 nitrogen and oxygen atoms in total. The third kappa shape index (κ3) is 1.86. The number of rotatable bonds is 2.